The Hall–Kier alpha value is -1.73. The van der Waals surface area contributed by atoms with Crippen LogP contribution in [-0.4, -0.2) is 46.4 Å². The highest BCUT2D eigenvalue weighted by molar-refractivity contribution is 5.62. The standard InChI is InChI=1S/C13H19N3O4/c1-9-4-5-14-12(11(9)16(18)19)15-6-10(7-17)20-13(2,3)8-15/h4-5,10,17H,6-8H2,1-3H3. The molecule has 110 valence electrons. The second kappa shape index (κ2) is 5.34. The largest absolute Gasteiger partial charge is 0.394 e. The number of aliphatic hydroxyl groups excluding tert-OH is 1. The van der Waals surface area contributed by atoms with Gasteiger partial charge in [0.25, 0.3) is 0 Å². The predicted molar refractivity (Wildman–Crippen MR) is 73.9 cm³/mol. The highest BCUT2D eigenvalue weighted by atomic mass is 16.6. The van der Waals surface area contributed by atoms with Crippen molar-refractivity contribution in [1.29, 1.82) is 0 Å². The van der Waals surface area contributed by atoms with Crippen LogP contribution in [-0.2, 0) is 4.74 Å². The fourth-order valence-corrected chi connectivity index (χ4v) is 2.55. The van der Waals surface area contributed by atoms with E-state index in [1.54, 1.807) is 19.2 Å². The number of hydrogen-bond acceptors (Lipinski definition) is 6. The number of nitro groups is 1. The Balaban J connectivity index is 2.40. The fraction of sp³-hybridized carbons (Fsp3) is 0.615. The molecule has 0 aromatic carbocycles. The summed E-state index contributed by atoms with van der Waals surface area (Å²) in [5, 5.41) is 20.6. The zero-order valence-electron chi connectivity index (χ0n) is 11.9. The molecule has 1 N–H and O–H groups in total. The first kappa shape index (κ1) is 14.7. The van der Waals surface area contributed by atoms with Gasteiger partial charge in [0.2, 0.25) is 5.82 Å². The molecule has 1 unspecified atom stereocenters. The molecule has 1 aromatic heterocycles. The first-order chi connectivity index (χ1) is 9.34. The quantitative estimate of drug-likeness (QED) is 0.663. The van der Waals surface area contributed by atoms with Gasteiger partial charge in [0, 0.05) is 24.8 Å². The molecule has 0 amide bonds. The van der Waals surface area contributed by atoms with Gasteiger partial charge >= 0.3 is 5.69 Å². The minimum absolute atomic E-state index is 0.0156. The van der Waals surface area contributed by atoms with Crippen molar-refractivity contribution in [3.8, 4) is 0 Å². The fourth-order valence-electron chi connectivity index (χ4n) is 2.55. The van der Waals surface area contributed by atoms with E-state index < -0.39 is 10.5 Å². The normalized spacial score (nSPS) is 21.8. The summed E-state index contributed by atoms with van der Waals surface area (Å²) in [6.45, 7) is 6.23. The molecule has 2 heterocycles. The Morgan fingerprint density at radius 3 is 2.95 bits per heavy atom. The molecule has 1 aliphatic heterocycles. The van der Waals surface area contributed by atoms with Gasteiger partial charge in [-0.05, 0) is 26.8 Å². The second-order valence-electron chi connectivity index (χ2n) is 5.62. The molecular weight excluding hydrogens is 262 g/mol. The van der Waals surface area contributed by atoms with Gasteiger partial charge in [0.05, 0.1) is 23.2 Å². The number of ether oxygens (including phenoxy) is 1. The summed E-state index contributed by atoms with van der Waals surface area (Å²) < 4.78 is 5.72. The van der Waals surface area contributed by atoms with Crippen molar-refractivity contribution in [1.82, 2.24) is 4.98 Å². The number of hydrogen-bond donors (Lipinski definition) is 1. The number of rotatable bonds is 3. The number of aliphatic hydroxyl groups is 1. The summed E-state index contributed by atoms with van der Waals surface area (Å²) in [7, 11) is 0. The van der Waals surface area contributed by atoms with Gasteiger partial charge in [0.15, 0.2) is 0 Å². The first-order valence-electron chi connectivity index (χ1n) is 6.47. The minimum Gasteiger partial charge on any atom is -0.394 e. The molecule has 1 fully saturated rings. The van der Waals surface area contributed by atoms with Crippen molar-refractivity contribution in [2.24, 2.45) is 0 Å². The Kier molecular flexibility index (Phi) is 3.92. The summed E-state index contributed by atoms with van der Waals surface area (Å²) in [6, 6.07) is 1.62. The van der Waals surface area contributed by atoms with Crippen LogP contribution in [0.2, 0.25) is 0 Å². The Bertz CT molecular complexity index is 518. The summed E-state index contributed by atoms with van der Waals surface area (Å²) >= 11 is 0. The topological polar surface area (TPSA) is 88.7 Å². The van der Waals surface area contributed by atoms with Gasteiger partial charge < -0.3 is 14.7 Å². The first-order valence-corrected chi connectivity index (χ1v) is 6.47. The number of anilines is 1. The van der Waals surface area contributed by atoms with Crippen molar-refractivity contribution < 1.29 is 14.8 Å². The van der Waals surface area contributed by atoms with E-state index in [1.807, 2.05) is 18.7 Å². The SMILES string of the molecule is Cc1ccnc(N2CC(CO)OC(C)(C)C2)c1[N+](=O)[O-]. The predicted octanol–water partition coefficient (Wildman–Crippen LogP) is 1.27. The van der Waals surface area contributed by atoms with Crippen molar-refractivity contribution in [3.63, 3.8) is 0 Å². The minimum atomic E-state index is -0.495. The van der Waals surface area contributed by atoms with Gasteiger partial charge in [-0.1, -0.05) is 0 Å². The number of nitrogens with zero attached hydrogens (tertiary/aromatic N) is 3. The Morgan fingerprint density at radius 1 is 1.65 bits per heavy atom. The third kappa shape index (κ3) is 2.88. The lowest BCUT2D eigenvalue weighted by molar-refractivity contribution is -0.385. The highest BCUT2D eigenvalue weighted by Crippen LogP contribution is 2.32. The van der Waals surface area contributed by atoms with Crippen LogP contribution >= 0.6 is 0 Å². The van der Waals surface area contributed by atoms with E-state index in [1.165, 1.54) is 0 Å². The molecule has 20 heavy (non-hydrogen) atoms. The molecule has 1 aliphatic rings. The number of aryl methyl sites for hydroxylation is 1. The summed E-state index contributed by atoms with van der Waals surface area (Å²) in [4.78, 5) is 16.8. The smallest absolute Gasteiger partial charge is 0.314 e. The second-order valence-corrected chi connectivity index (χ2v) is 5.62. The molecule has 7 nitrogen and oxygen atoms in total. The monoisotopic (exact) mass is 281 g/mol. The number of pyridine rings is 1. The Labute approximate surface area is 117 Å². The van der Waals surface area contributed by atoms with Crippen molar-refractivity contribution in [2.75, 3.05) is 24.6 Å². The lowest BCUT2D eigenvalue weighted by Crippen LogP contribution is -2.54. The zero-order chi connectivity index (χ0) is 14.9. The lowest BCUT2D eigenvalue weighted by atomic mass is 10.0. The van der Waals surface area contributed by atoms with E-state index in [9.17, 15) is 15.2 Å². The van der Waals surface area contributed by atoms with Gasteiger partial charge in [-0.15, -0.1) is 0 Å². The maximum Gasteiger partial charge on any atom is 0.314 e. The lowest BCUT2D eigenvalue weighted by Gasteiger charge is -2.42. The van der Waals surface area contributed by atoms with Crippen LogP contribution in [0.25, 0.3) is 0 Å². The van der Waals surface area contributed by atoms with Crippen LogP contribution in [0.1, 0.15) is 19.4 Å². The summed E-state index contributed by atoms with van der Waals surface area (Å²) in [6.07, 6.45) is 1.19. The van der Waals surface area contributed by atoms with Crippen molar-refractivity contribution in [2.45, 2.75) is 32.5 Å². The maximum absolute atomic E-state index is 11.3. The van der Waals surface area contributed by atoms with Crippen LogP contribution in [0.5, 0.6) is 0 Å². The molecule has 7 heteroatoms. The third-order valence-corrected chi connectivity index (χ3v) is 3.27. The van der Waals surface area contributed by atoms with Gasteiger partial charge in [0.1, 0.15) is 0 Å². The van der Waals surface area contributed by atoms with Crippen LogP contribution in [0.3, 0.4) is 0 Å². The molecule has 2 rings (SSSR count). The zero-order valence-corrected chi connectivity index (χ0v) is 11.9. The van der Waals surface area contributed by atoms with Crippen LogP contribution in [0.4, 0.5) is 11.5 Å². The molecule has 1 aromatic rings. The molecule has 0 bridgehead atoms. The average Bonchev–Trinajstić information content (AvgIpc) is 2.36. The van der Waals surface area contributed by atoms with Gasteiger partial charge in [-0.25, -0.2) is 4.98 Å². The van der Waals surface area contributed by atoms with Crippen LogP contribution < -0.4 is 4.90 Å². The van der Waals surface area contributed by atoms with E-state index in [-0.39, 0.29) is 18.4 Å². The summed E-state index contributed by atoms with van der Waals surface area (Å²) in [5.74, 6) is 0.338. The average molecular weight is 281 g/mol. The highest BCUT2D eigenvalue weighted by Gasteiger charge is 2.36. The molecule has 0 saturated carbocycles. The molecular formula is C13H19N3O4. The van der Waals surface area contributed by atoms with Gasteiger partial charge in [-0.2, -0.15) is 0 Å². The Morgan fingerprint density at radius 2 is 2.35 bits per heavy atom. The van der Waals surface area contributed by atoms with Crippen molar-refractivity contribution >= 4 is 11.5 Å². The molecule has 0 radical (unpaired) electrons. The van der Waals surface area contributed by atoms with E-state index in [0.29, 0.717) is 24.5 Å². The summed E-state index contributed by atoms with van der Waals surface area (Å²) in [5.41, 5.74) is 0.0945. The molecule has 0 aliphatic carbocycles. The number of morpholine rings is 1. The molecule has 0 spiro atoms. The van der Waals surface area contributed by atoms with Crippen LogP contribution in [0.15, 0.2) is 12.3 Å². The molecule has 1 saturated heterocycles. The third-order valence-electron chi connectivity index (χ3n) is 3.27. The van der Waals surface area contributed by atoms with Gasteiger partial charge in [-0.3, -0.25) is 10.1 Å². The maximum atomic E-state index is 11.3. The van der Waals surface area contributed by atoms with E-state index in [0.717, 1.165) is 0 Å². The van der Waals surface area contributed by atoms with Crippen molar-refractivity contribution in [3.05, 3.63) is 27.9 Å². The van der Waals surface area contributed by atoms with E-state index in [2.05, 4.69) is 4.98 Å². The van der Waals surface area contributed by atoms with Crippen LogP contribution in [0, 0.1) is 17.0 Å². The van der Waals surface area contributed by atoms with E-state index >= 15 is 0 Å². The molecule has 1 atom stereocenters. The number of aromatic nitrogens is 1. The van der Waals surface area contributed by atoms with E-state index in [4.69, 9.17) is 4.74 Å².